The summed E-state index contributed by atoms with van der Waals surface area (Å²) in [6.07, 6.45) is 0.573. The highest BCUT2D eigenvalue weighted by atomic mass is 32.2. The van der Waals surface area contributed by atoms with Gasteiger partial charge in [0, 0.05) is 18.8 Å². The van der Waals surface area contributed by atoms with Crippen molar-refractivity contribution in [2.75, 3.05) is 25.4 Å². The van der Waals surface area contributed by atoms with E-state index in [1.807, 2.05) is 0 Å². The molecule has 1 aliphatic heterocycles. The third kappa shape index (κ3) is 5.18. The zero-order valence-corrected chi connectivity index (χ0v) is 12.6. The van der Waals surface area contributed by atoms with Gasteiger partial charge in [-0.3, -0.25) is 9.59 Å². The number of hydrogen-bond donors (Lipinski definition) is 1. The average Bonchev–Trinajstić information content (AvgIpc) is 2.85. The topological polar surface area (TPSA) is 58.6 Å². The Morgan fingerprint density at radius 1 is 1.36 bits per heavy atom. The van der Waals surface area contributed by atoms with Crippen molar-refractivity contribution in [3.8, 4) is 5.75 Å². The maximum absolute atomic E-state index is 12.0. The molecule has 2 rings (SSSR count). The summed E-state index contributed by atoms with van der Waals surface area (Å²) in [4.78, 5) is 24.6. The fourth-order valence-electron chi connectivity index (χ4n) is 1.98. The molecule has 0 bridgehead atoms. The molecule has 5 nitrogen and oxygen atoms in total. The van der Waals surface area contributed by atoms with Crippen LogP contribution in [0.4, 0.5) is 13.6 Å². The molecule has 1 aliphatic rings. The predicted octanol–water partition coefficient (Wildman–Crippen LogP) is 2.12. The fraction of sp³-hybridized carbons (Fsp3) is 0.429. The molecule has 0 unspecified atom stereocenters. The lowest BCUT2D eigenvalue weighted by molar-refractivity contribution is -0.121. The number of nitrogens with zero attached hydrogens (tertiary/aromatic N) is 1. The Morgan fingerprint density at radius 2 is 2.09 bits per heavy atom. The van der Waals surface area contributed by atoms with Crippen LogP contribution in [0.5, 0.6) is 5.75 Å². The normalized spacial score (nSPS) is 14.5. The van der Waals surface area contributed by atoms with Crippen LogP contribution in [0.15, 0.2) is 24.3 Å². The summed E-state index contributed by atoms with van der Waals surface area (Å²) in [6, 6.07) is 6.27. The van der Waals surface area contributed by atoms with Crippen LogP contribution in [0, 0.1) is 0 Å². The van der Waals surface area contributed by atoms with Crippen LogP contribution in [0.1, 0.15) is 5.56 Å². The Hall–Kier alpha value is -1.83. The molecule has 1 aromatic rings. The number of alkyl halides is 2. The number of carbonyl (C=O) groups is 2. The van der Waals surface area contributed by atoms with Gasteiger partial charge in [-0.05, 0) is 24.1 Å². The average molecular weight is 330 g/mol. The Kier molecular flexibility index (Phi) is 6.00. The van der Waals surface area contributed by atoms with Gasteiger partial charge in [0.1, 0.15) is 12.3 Å². The molecule has 1 saturated heterocycles. The molecule has 0 radical (unpaired) electrons. The molecule has 1 heterocycles. The maximum Gasteiger partial charge on any atom is 0.387 e. The second kappa shape index (κ2) is 7.98. The molecular weight excluding hydrogens is 314 g/mol. The highest BCUT2D eigenvalue weighted by molar-refractivity contribution is 8.13. The minimum Gasteiger partial charge on any atom is -0.435 e. The van der Waals surface area contributed by atoms with Gasteiger partial charge in [-0.1, -0.05) is 23.9 Å². The zero-order chi connectivity index (χ0) is 15.9. The molecular formula is C14H16F2N2O3S. The fourth-order valence-corrected chi connectivity index (χ4v) is 2.81. The zero-order valence-electron chi connectivity index (χ0n) is 11.8. The van der Waals surface area contributed by atoms with Crippen molar-refractivity contribution in [2.24, 2.45) is 0 Å². The van der Waals surface area contributed by atoms with Crippen LogP contribution in [0.2, 0.25) is 0 Å². The number of amides is 2. The van der Waals surface area contributed by atoms with E-state index in [1.165, 1.54) is 28.8 Å². The Morgan fingerprint density at radius 3 is 2.68 bits per heavy atom. The van der Waals surface area contributed by atoms with Crippen molar-refractivity contribution < 1.29 is 23.1 Å². The van der Waals surface area contributed by atoms with Crippen LogP contribution < -0.4 is 10.1 Å². The van der Waals surface area contributed by atoms with Crippen molar-refractivity contribution in [3.05, 3.63) is 29.8 Å². The van der Waals surface area contributed by atoms with Crippen LogP contribution in [0.3, 0.4) is 0 Å². The first kappa shape index (κ1) is 16.5. The first-order chi connectivity index (χ1) is 10.5. The maximum atomic E-state index is 12.0. The molecule has 22 heavy (non-hydrogen) atoms. The third-order valence-electron chi connectivity index (χ3n) is 3.06. The van der Waals surface area contributed by atoms with Gasteiger partial charge in [-0.2, -0.15) is 8.78 Å². The smallest absolute Gasteiger partial charge is 0.387 e. The second-order valence-corrected chi connectivity index (χ2v) is 5.70. The van der Waals surface area contributed by atoms with E-state index >= 15 is 0 Å². The molecule has 2 amide bonds. The van der Waals surface area contributed by atoms with Crippen molar-refractivity contribution in [2.45, 2.75) is 13.0 Å². The van der Waals surface area contributed by atoms with Crippen LogP contribution in [-0.2, 0) is 11.2 Å². The monoisotopic (exact) mass is 330 g/mol. The number of thioether (sulfide) groups is 1. The molecule has 1 N–H and O–H groups in total. The number of hydrogen-bond acceptors (Lipinski definition) is 4. The van der Waals surface area contributed by atoms with Gasteiger partial charge < -0.3 is 15.0 Å². The molecule has 0 spiro atoms. The van der Waals surface area contributed by atoms with E-state index in [0.29, 0.717) is 19.5 Å². The summed E-state index contributed by atoms with van der Waals surface area (Å²) >= 11 is 1.22. The highest BCUT2D eigenvalue weighted by Gasteiger charge is 2.22. The van der Waals surface area contributed by atoms with Gasteiger partial charge in [0.05, 0.1) is 0 Å². The van der Waals surface area contributed by atoms with E-state index in [0.717, 1.165) is 11.3 Å². The predicted molar refractivity (Wildman–Crippen MR) is 79.2 cm³/mol. The number of nitrogens with one attached hydrogen (secondary N) is 1. The van der Waals surface area contributed by atoms with Gasteiger partial charge in [-0.15, -0.1) is 0 Å². The Labute approximate surface area is 131 Å². The molecule has 0 aliphatic carbocycles. The number of carbonyl (C=O) groups excluding carboxylic acids is 2. The first-order valence-corrected chi connectivity index (χ1v) is 7.75. The summed E-state index contributed by atoms with van der Waals surface area (Å²) in [5.41, 5.74) is 0.898. The van der Waals surface area contributed by atoms with E-state index in [2.05, 4.69) is 10.1 Å². The number of halogens is 2. The molecule has 1 fully saturated rings. The molecule has 120 valence electrons. The van der Waals surface area contributed by atoms with E-state index in [4.69, 9.17) is 0 Å². The van der Waals surface area contributed by atoms with Crippen molar-refractivity contribution in [3.63, 3.8) is 0 Å². The van der Waals surface area contributed by atoms with Crippen molar-refractivity contribution >= 4 is 22.9 Å². The molecule has 0 atom stereocenters. The van der Waals surface area contributed by atoms with E-state index in [9.17, 15) is 18.4 Å². The first-order valence-electron chi connectivity index (χ1n) is 6.77. The summed E-state index contributed by atoms with van der Waals surface area (Å²) in [5, 5.41) is 2.67. The summed E-state index contributed by atoms with van der Waals surface area (Å²) in [7, 11) is 0. The Balaban J connectivity index is 1.69. The standard InChI is InChI=1S/C14H16F2N2O3S/c15-13(16)21-11-3-1-10(2-4-11)5-6-17-12(19)9-18-7-8-22-14(18)20/h1-4,13H,5-9H2,(H,17,19). The van der Waals surface area contributed by atoms with E-state index in [-0.39, 0.29) is 23.4 Å². The summed E-state index contributed by atoms with van der Waals surface area (Å²) in [6.45, 7) is -1.74. The summed E-state index contributed by atoms with van der Waals surface area (Å²) in [5.74, 6) is 0.625. The Bertz CT molecular complexity index is 525. The lowest BCUT2D eigenvalue weighted by Crippen LogP contribution is -2.38. The minimum atomic E-state index is -2.84. The van der Waals surface area contributed by atoms with Gasteiger partial charge in [0.2, 0.25) is 5.91 Å². The molecule has 0 saturated carbocycles. The van der Waals surface area contributed by atoms with Crippen LogP contribution >= 0.6 is 11.8 Å². The SMILES string of the molecule is O=C(CN1CCSC1=O)NCCc1ccc(OC(F)F)cc1. The number of ether oxygens (including phenoxy) is 1. The largest absolute Gasteiger partial charge is 0.435 e. The van der Waals surface area contributed by atoms with E-state index < -0.39 is 6.61 Å². The number of benzene rings is 1. The number of rotatable bonds is 7. The van der Waals surface area contributed by atoms with Crippen LogP contribution in [0.25, 0.3) is 0 Å². The molecule has 8 heteroatoms. The van der Waals surface area contributed by atoms with E-state index in [1.54, 1.807) is 12.1 Å². The van der Waals surface area contributed by atoms with Gasteiger partial charge >= 0.3 is 6.61 Å². The lowest BCUT2D eigenvalue weighted by Gasteiger charge is -2.14. The van der Waals surface area contributed by atoms with Crippen molar-refractivity contribution in [1.82, 2.24) is 10.2 Å². The second-order valence-electron chi connectivity index (χ2n) is 4.66. The quantitative estimate of drug-likeness (QED) is 0.832. The highest BCUT2D eigenvalue weighted by Crippen LogP contribution is 2.16. The molecule has 1 aromatic carbocycles. The van der Waals surface area contributed by atoms with Gasteiger partial charge in [0.15, 0.2) is 0 Å². The molecule has 0 aromatic heterocycles. The lowest BCUT2D eigenvalue weighted by atomic mass is 10.1. The third-order valence-corrected chi connectivity index (χ3v) is 3.96. The minimum absolute atomic E-state index is 0.0650. The van der Waals surface area contributed by atoms with Gasteiger partial charge in [0.25, 0.3) is 5.24 Å². The van der Waals surface area contributed by atoms with Crippen LogP contribution in [-0.4, -0.2) is 48.0 Å². The van der Waals surface area contributed by atoms with Crippen molar-refractivity contribution in [1.29, 1.82) is 0 Å². The summed E-state index contributed by atoms with van der Waals surface area (Å²) < 4.78 is 28.3. The van der Waals surface area contributed by atoms with Gasteiger partial charge in [-0.25, -0.2) is 0 Å².